The minimum absolute atomic E-state index is 0.352. The van der Waals surface area contributed by atoms with Crippen LogP contribution in [0.15, 0.2) is 24.3 Å². The van der Waals surface area contributed by atoms with Crippen molar-refractivity contribution in [3.8, 4) is 0 Å². The highest BCUT2D eigenvalue weighted by atomic mass is 16.4. The van der Waals surface area contributed by atoms with E-state index in [9.17, 15) is 14.7 Å². The van der Waals surface area contributed by atoms with Crippen LogP contribution in [0.5, 0.6) is 0 Å². The maximum Gasteiger partial charge on any atom is 0.337 e. The van der Waals surface area contributed by atoms with E-state index in [1.807, 2.05) is 31.2 Å². The molecule has 0 radical (unpaired) electrons. The van der Waals surface area contributed by atoms with Gasteiger partial charge >= 0.3 is 12.0 Å². The Kier molecular flexibility index (Phi) is 5.52. The van der Waals surface area contributed by atoms with Crippen molar-refractivity contribution in [3.63, 3.8) is 0 Å². The molecule has 1 rings (SSSR count). The number of aryl methyl sites for hydroxylation is 1. The summed E-state index contributed by atoms with van der Waals surface area (Å²) in [5.41, 5.74) is 0.180. The van der Waals surface area contributed by atoms with Crippen LogP contribution in [0.1, 0.15) is 25.0 Å². The van der Waals surface area contributed by atoms with Crippen LogP contribution >= 0.6 is 0 Å². The van der Waals surface area contributed by atoms with E-state index in [0.29, 0.717) is 6.54 Å². The van der Waals surface area contributed by atoms with Gasteiger partial charge < -0.3 is 20.8 Å². The zero-order valence-corrected chi connectivity index (χ0v) is 11.6. The molecular weight excluding hydrogens is 260 g/mol. The molecule has 0 aliphatic rings. The van der Waals surface area contributed by atoms with Crippen molar-refractivity contribution >= 4 is 12.0 Å². The van der Waals surface area contributed by atoms with E-state index in [-0.39, 0.29) is 6.54 Å². The van der Waals surface area contributed by atoms with E-state index in [1.54, 1.807) is 0 Å². The molecule has 6 heteroatoms. The third-order valence-electron chi connectivity index (χ3n) is 2.99. The molecule has 0 aliphatic heterocycles. The van der Waals surface area contributed by atoms with Crippen LogP contribution < -0.4 is 10.6 Å². The molecule has 0 fully saturated rings. The topological polar surface area (TPSA) is 98.7 Å². The van der Waals surface area contributed by atoms with Crippen LogP contribution in [0.25, 0.3) is 0 Å². The first-order valence-electron chi connectivity index (χ1n) is 6.41. The molecule has 6 nitrogen and oxygen atoms in total. The molecule has 110 valence electrons. The summed E-state index contributed by atoms with van der Waals surface area (Å²) in [4.78, 5) is 22.2. The Hall–Kier alpha value is -2.08. The fraction of sp³-hybridized carbons (Fsp3) is 0.429. The van der Waals surface area contributed by atoms with Crippen molar-refractivity contribution < 1.29 is 19.8 Å². The lowest BCUT2D eigenvalue weighted by molar-refractivity contribution is -0.155. The van der Waals surface area contributed by atoms with Crippen LogP contribution in [0.4, 0.5) is 4.79 Å². The molecule has 1 atom stereocenters. The van der Waals surface area contributed by atoms with Crippen LogP contribution in [-0.2, 0) is 17.8 Å². The van der Waals surface area contributed by atoms with Gasteiger partial charge in [0.05, 0.1) is 6.54 Å². The van der Waals surface area contributed by atoms with Crippen LogP contribution in [-0.4, -0.2) is 34.4 Å². The third kappa shape index (κ3) is 4.55. The molecule has 1 unspecified atom stereocenters. The van der Waals surface area contributed by atoms with Gasteiger partial charge in [-0.1, -0.05) is 31.2 Å². The molecule has 0 saturated heterocycles. The monoisotopic (exact) mass is 280 g/mol. The standard InChI is InChI=1S/C14H20N2O4/c1-3-10-6-4-5-7-11(10)8-15-13(19)16-9-14(2,20)12(17)18/h4-7,20H,3,8-9H2,1-2H3,(H,17,18)(H2,15,16,19). The summed E-state index contributed by atoms with van der Waals surface area (Å²) in [6.45, 7) is 3.15. The molecule has 1 aromatic carbocycles. The number of hydrogen-bond donors (Lipinski definition) is 4. The highest BCUT2D eigenvalue weighted by Crippen LogP contribution is 2.08. The number of aliphatic carboxylic acids is 1. The van der Waals surface area contributed by atoms with Crippen molar-refractivity contribution in [1.29, 1.82) is 0 Å². The van der Waals surface area contributed by atoms with Gasteiger partial charge in [0, 0.05) is 6.54 Å². The zero-order valence-electron chi connectivity index (χ0n) is 11.6. The van der Waals surface area contributed by atoms with Crippen LogP contribution in [0, 0.1) is 0 Å². The van der Waals surface area contributed by atoms with Gasteiger partial charge in [0.1, 0.15) is 0 Å². The smallest absolute Gasteiger partial charge is 0.337 e. The second-order valence-corrected chi connectivity index (χ2v) is 4.74. The first-order valence-corrected chi connectivity index (χ1v) is 6.41. The Balaban J connectivity index is 2.46. The van der Waals surface area contributed by atoms with Crippen molar-refractivity contribution in [3.05, 3.63) is 35.4 Å². The van der Waals surface area contributed by atoms with Crippen LogP contribution in [0.3, 0.4) is 0 Å². The van der Waals surface area contributed by atoms with Crippen molar-refractivity contribution in [2.24, 2.45) is 0 Å². The Morgan fingerprint density at radius 1 is 1.20 bits per heavy atom. The average molecular weight is 280 g/mol. The number of carboxylic acids is 1. The summed E-state index contributed by atoms with van der Waals surface area (Å²) in [6, 6.07) is 7.23. The summed E-state index contributed by atoms with van der Waals surface area (Å²) < 4.78 is 0. The zero-order chi connectivity index (χ0) is 15.2. The number of aliphatic hydroxyl groups is 1. The van der Waals surface area contributed by atoms with E-state index in [0.717, 1.165) is 24.5 Å². The van der Waals surface area contributed by atoms with Gasteiger partial charge in [-0.05, 0) is 24.5 Å². The number of carbonyl (C=O) groups is 2. The number of urea groups is 1. The largest absolute Gasteiger partial charge is 0.479 e. The van der Waals surface area contributed by atoms with Gasteiger partial charge in [-0.15, -0.1) is 0 Å². The number of carbonyl (C=O) groups excluding carboxylic acids is 1. The fourth-order valence-electron chi connectivity index (χ4n) is 1.64. The van der Waals surface area contributed by atoms with E-state index in [2.05, 4.69) is 10.6 Å². The molecule has 0 aromatic heterocycles. The number of carboxylic acid groups (broad SMARTS) is 1. The third-order valence-corrected chi connectivity index (χ3v) is 2.99. The molecule has 1 aromatic rings. The predicted molar refractivity (Wildman–Crippen MR) is 74.3 cm³/mol. The Labute approximate surface area is 117 Å². The minimum atomic E-state index is -1.97. The second-order valence-electron chi connectivity index (χ2n) is 4.74. The number of hydrogen-bond acceptors (Lipinski definition) is 3. The lowest BCUT2D eigenvalue weighted by Crippen LogP contribution is -2.49. The maximum atomic E-state index is 11.6. The summed E-state index contributed by atoms with van der Waals surface area (Å²) in [5.74, 6) is -1.38. The number of rotatable bonds is 6. The van der Waals surface area contributed by atoms with Gasteiger partial charge in [0.2, 0.25) is 0 Å². The first-order chi connectivity index (χ1) is 9.36. The second kappa shape index (κ2) is 6.91. The SMILES string of the molecule is CCc1ccccc1CNC(=O)NCC(C)(O)C(=O)O. The molecular formula is C14H20N2O4. The van der Waals surface area contributed by atoms with E-state index < -0.39 is 17.6 Å². The summed E-state index contributed by atoms with van der Waals surface area (Å²) in [7, 11) is 0. The normalized spacial score (nSPS) is 13.3. The van der Waals surface area contributed by atoms with Gasteiger partial charge in [-0.2, -0.15) is 0 Å². The summed E-state index contributed by atoms with van der Waals surface area (Å²) >= 11 is 0. The number of nitrogens with one attached hydrogen (secondary N) is 2. The lowest BCUT2D eigenvalue weighted by atomic mass is 10.1. The first kappa shape index (κ1) is 16.0. The highest BCUT2D eigenvalue weighted by molar-refractivity contribution is 5.79. The molecule has 0 saturated carbocycles. The van der Waals surface area contributed by atoms with Gasteiger partial charge in [0.25, 0.3) is 0 Å². The van der Waals surface area contributed by atoms with Crippen molar-refractivity contribution in [1.82, 2.24) is 10.6 Å². The Morgan fingerprint density at radius 3 is 2.35 bits per heavy atom. The van der Waals surface area contributed by atoms with E-state index >= 15 is 0 Å². The minimum Gasteiger partial charge on any atom is -0.479 e. The molecule has 0 bridgehead atoms. The van der Waals surface area contributed by atoms with Crippen molar-refractivity contribution in [2.45, 2.75) is 32.4 Å². The number of benzene rings is 1. The van der Waals surface area contributed by atoms with Crippen LogP contribution in [0.2, 0.25) is 0 Å². The molecule has 0 spiro atoms. The lowest BCUT2D eigenvalue weighted by Gasteiger charge is -2.18. The molecule has 20 heavy (non-hydrogen) atoms. The van der Waals surface area contributed by atoms with E-state index in [4.69, 9.17) is 5.11 Å². The Bertz CT molecular complexity index is 486. The molecule has 0 heterocycles. The van der Waals surface area contributed by atoms with Gasteiger partial charge in [0.15, 0.2) is 5.60 Å². The number of amides is 2. The summed E-state index contributed by atoms with van der Waals surface area (Å²) in [5, 5.41) is 23.1. The van der Waals surface area contributed by atoms with E-state index in [1.165, 1.54) is 0 Å². The summed E-state index contributed by atoms with van der Waals surface area (Å²) in [6.07, 6.45) is 0.868. The fourth-order valence-corrected chi connectivity index (χ4v) is 1.64. The predicted octanol–water partition coefficient (Wildman–Crippen LogP) is 0.884. The quantitative estimate of drug-likeness (QED) is 0.621. The Morgan fingerprint density at radius 2 is 1.80 bits per heavy atom. The van der Waals surface area contributed by atoms with Crippen molar-refractivity contribution in [2.75, 3.05) is 6.54 Å². The molecule has 0 aliphatic carbocycles. The molecule has 2 amide bonds. The maximum absolute atomic E-state index is 11.6. The van der Waals surface area contributed by atoms with Gasteiger partial charge in [-0.25, -0.2) is 9.59 Å². The van der Waals surface area contributed by atoms with Gasteiger partial charge in [-0.3, -0.25) is 0 Å². The highest BCUT2D eigenvalue weighted by Gasteiger charge is 2.30. The average Bonchev–Trinajstić information content (AvgIpc) is 2.43. The molecule has 4 N–H and O–H groups in total.